The quantitative estimate of drug-likeness (QED) is 0.804. The molecule has 18 heavy (non-hydrogen) atoms. The summed E-state index contributed by atoms with van der Waals surface area (Å²) >= 11 is 1.57. The second kappa shape index (κ2) is 6.07. The molecule has 0 fully saturated rings. The van der Waals surface area contributed by atoms with E-state index in [1.165, 1.54) is 6.33 Å². The zero-order valence-corrected chi connectivity index (χ0v) is 10.8. The van der Waals surface area contributed by atoms with Crippen LogP contribution in [0.4, 0.5) is 5.69 Å². The summed E-state index contributed by atoms with van der Waals surface area (Å²) in [6.07, 6.45) is 4.20. The van der Waals surface area contributed by atoms with Gasteiger partial charge in [0.2, 0.25) is 0 Å². The number of benzene rings is 1. The first-order chi connectivity index (χ1) is 8.85. The first-order valence-electron chi connectivity index (χ1n) is 5.50. The van der Waals surface area contributed by atoms with Crippen LogP contribution in [0.3, 0.4) is 0 Å². The molecule has 0 amide bonds. The number of H-pyrrole nitrogens is 1. The van der Waals surface area contributed by atoms with E-state index in [-0.39, 0.29) is 0 Å². The Morgan fingerprint density at radius 3 is 3.06 bits per heavy atom. The van der Waals surface area contributed by atoms with Gasteiger partial charge in [0.05, 0.1) is 11.3 Å². The minimum absolute atomic E-state index is 0.697. The summed E-state index contributed by atoms with van der Waals surface area (Å²) in [5.74, 6) is 0.835. The molecular weight excluding hydrogens is 246 g/mol. The van der Waals surface area contributed by atoms with E-state index in [4.69, 9.17) is 0 Å². The van der Waals surface area contributed by atoms with Crippen molar-refractivity contribution in [1.82, 2.24) is 15.2 Å². The van der Waals surface area contributed by atoms with Crippen LogP contribution < -0.4 is 5.32 Å². The Bertz CT molecular complexity index is 544. The van der Waals surface area contributed by atoms with Gasteiger partial charge < -0.3 is 5.32 Å². The molecule has 0 bridgehead atoms. The van der Waals surface area contributed by atoms with Crippen LogP contribution in [0.1, 0.15) is 11.4 Å². The van der Waals surface area contributed by atoms with Crippen molar-refractivity contribution in [2.45, 2.75) is 11.3 Å². The van der Waals surface area contributed by atoms with Crippen LogP contribution in [-0.2, 0) is 6.42 Å². The predicted molar refractivity (Wildman–Crippen MR) is 71.5 cm³/mol. The molecule has 0 aliphatic heterocycles. The Hall–Kier alpha value is -2.00. The van der Waals surface area contributed by atoms with Gasteiger partial charge in [-0.2, -0.15) is 10.4 Å². The number of aromatic amines is 1. The Morgan fingerprint density at radius 2 is 2.39 bits per heavy atom. The number of anilines is 1. The van der Waals surface area contributed by atoms with Crippen molar-refractivity contribution < 1.29 is 0 Å². The highest BCUT2D eigenvalue weighted by molar-refractivity contribution is 7.98. The summed E-state index contributed by atoms with van der Waals surface area (Å²) in [7, 11) is 0. The van der Waals surface area contributed by atoms with E-state index in [0.717, 1.165) is 22.8 Å². The Morgan fingerprint density at radius 1 is 1.50 bits per heavy atom. The number of nitriles is 1. The first-order valence-corrected chi connectivity index (χ1v) is 6.73. The maximum absolute atomic E-state index is 9.18. The highest BCUT2D eigenvalue weighted by Gasteiger charge is 2.06. The molecule has 5 nitrogen and oxygen atoms in total. The third kappa shape index (κ3) is 2.81. The van der Waals surface area contributed by atoms with Gasteiger partial charge in [0, 0.05) is 17.9 Å². The van der Waals surface area contributed by atoms with Crippen LogP contribution >= 0.6 is 11.8 Å². The summed E-state index contributed by atoms with van der Waals surface area (Å²) < 4.78 is 0. The minimum atomic E-state index is 0.697. The van der Waals surface area contributed by atoms with Gasteiger partial charge >= 0.3 is 0 Å². The number of aromatic nitrogens is 3. The molecule has 2 N–H and O–H groups in total. The van der Waals surface area contributed by atoms with Crippen molar-refractivity contribution >= 4 is 17.4 Å². The lowest BCUT2D eigenvalue weighted by atomic mass is 10.2. The molecule has 0 unspecified atom stereocenters. The number of nitrogens with zero attached hydrogens (tertiary/aromatic N) is 3. The van der Waals surface area contributed by atoms with E-state index >= 15 is 0 Å². The van der Waals surface area contributed by atoms with Gasteiger partial charge in [0.1, 0.15) is 18.2 Å². The van der Waals surface area contributed by atoms with Crippen LogP contribution in [0.25, 0.3) is 0 Å². The molecule has 92 valence electrons. The van der Waals surface area contributed by atoms with E-state index in [9.17, 15) is 5.26 Å². The van der Waals surface area contributed by atoms with E-state index < -0.39 is 0 Å². The van der Waals surface area contributed by atoms with Crippen molar-refractivity contribution in [3.63, 3.8) is 0 Å². The third-order valence-corrected chi connectivity index (χ3v) is 3.28. The lowest BCUT2D eigenvalue weighted by Crippen LogP contribution is -2.07. The molecule has 0 aliphatic rings. The van der Waals surface area contributed by atoms with E-state index in [0.29, 0.717) is 12.1 Å². The van der Waals surface area contributed by atoms with Gasteiger partial charge in [-0.15, -0.1) is 11.8 Å². The molecule has 0 saturated heterocycles. The topological polar surface area (TPSA) is 77.4 Å². The van der Waals surface area contributed by atoms with Crippen LogP contribution in [0.15, 0.2) is 29.4 Å². The Kier molecular flexibility index (Phi) is 4.20. The molecule has 1 heterocycles. The third-order valence-electron chi connectivity index (χ3n) is 2.50. The molecule has 0 spiro atoms. The largest absolute Gasteiger partial charge is 0.383 e. The fourth-order valence-electron chi connectivity index (χ4n) is 1.63. The standard InChI is InChI=1S/C12H13N5S/c1-18-11-4-2-3-10(9(11)7-13)14-6-5-12-15-8-16-17-12/h2-4,8,14H,5-6H2,1H3,(H,15,16,17). The lowest BCUT2D eigenvalue weighted by molar-refractivity contribution is 0.900. The summed E-state index contributed by atoms with van der Waals surface area (Å²) in [5.41, 5.74) is 1.56. The van der Waals surface area contributed by atoms with Gasteiger partial charge in [-0.05, 0) is 18.4 Å². The molecule has 1 aromatic heterocycles. The van der Waals surface area contributed by atoms with Gasteiger partial charge in [0.25, 0.3) is 0 Å². The molecular formula is C12H13N5S. The average Bonchev–Trinajstić information content (AvgIpc) is 2.91. The number of nitrogens with one attached hydrogen (secondary N) is 2. The number of hydrogen-bond acceptors (Lipinski definition) is 5. The number of rotatable bonds is 5. The first kappa shape index (κ1) is 12.5. The van der Waals surface area contributed by atoms with E-state index in [2.05, 4.69) is 26.6 Å². The van der Waals surface area contributed by atoms with Crippen LogP contribution in [-0.4, -0.2) is 28.0 Å². The smallest absolute Gasteiger partial charge is 0.137 e. The van der Waals surface area contributed by atoms with Crippen molar-refractivity contribution in [3.8, 4) is 6.07 Å². The number of hydrogen-bond donors (Lipinski definition) is 2. The second-order valence-electron chi connectivity index (χ2n) is 3.60. The molecule has 0 saturated carbocycles. The predicted octanol–water partition coefficient (Wildman–Crippen LogP) is 2.05. The Balaban J connectivity index is 2.03. The maximum atomic E-state index is 9.18. The van der Waals surface area contributed by atoms with Crippen LogP contribution in [0, 0.1) is 11.3 Å². The lowest BCUT2D eigenvalue weighted by Gasteiger charge is -2.09. The highest BCUT2D eigenvalue weighted by atomic mass is 32.2. The minimum Gasteiger partial charge on any atom is -0.383 e. The maximum Gasteiger partial charge on any atom is 0.137 e. The average molecular weight is 259 g/mol. The fourth-order valence-corrected chi connectivity index (χ4v) is 2.21. The summed E-state index contributed by atoms with van der Waals surface area (Å²) in [6, 6.07) is 8.05. The monoisotopic (exact) mass is 259 g/mol. The van der Waals surface area contributed by atoms with Gasteiger partial charge in [-0.25, -0.2) is 4.98 Å². The van der Waals surface area contributed by atoms with E-state index in [1.54, 1.807) is 11.8 Å². The van der Waals surface area contributed by atoms with Crippen LogP contribution in [0.5, 0.6) is 0 Å². The van der Waals surface area contributed by atoms with Crippen molar-refractivity contribution in [1.29, 1.82) is 5.26 Å². The zero-order valence-electron chi connectivity index (χ0n) is 9.97. The Labute approximate surface area is 110 Å². The molecule has 0 atom stereocenters. The fraction of sp³-hybridized carbons (Fsp3) is 0.250. The molecule has 0 radical (unpaired) electrons. The molecule has 6 heteroatoms. The highest BCUT2D eigenvalue weighted by Crippen LogP contribution is 2.26. The van der Waals surface area contributed by atoms with E-state index in [1.807, 2.05) is 24.5 Å². The van der Waals surface area contributed by atoms with Gasteiger partial charge in [-0.1, -0.05) is 6.07 Å². The van der Waals surface area contributed by atoms with Crippen molar-refractivity contribution in [3.05, 3.63) is 35.9 Å². The van der Waals surface area contributed by atoms with Crippen molar-refractivity contribution in [2.75, 3.05) is 18.1 Å². The SMILES string of the molecule is CSc1cccc(NCCc2ncn[nH]2)c1C#N. The summed E-state index contributed by atoms with van der Waals surface area (Å²) in [4.78, 5) is 5.04. The van der Waals surface area contributed by atoms with Crippen LogP contribution in [0.2, 0.25) is 0 Å². The summed E-state index contributed by atoms with van der Waals surface area (Å²) in [6.45, 7) is 0.710. The number of thioether (sulfide) groups is 1. The molecule has 2 rings (SSSR count). The van der Waals surface area contributed by atoms with Gasteiger partial charge in [0.15, 0.2) is 0 Å². The van der Waals surface area contributed by atoms with Crippen molar-refractivity contribution in [2.24, 2.45) is 0 Å². The normalized spacial score (nSPS) is 10.0. The molecule has 2 aromatic rings. The zero-order chi connectivity index (χ0) is 12.8. The second-order valence-corrected chi connectivity index (χ2v) is 4.45. The molecule has 1 aromatic carbocycles. The molecule has 0 aliphatic carbocycles. The van der Waals surface area contributed by atoms with Gasteiger partial charge in [-0.3, -0.25) is 5.10 Å². The summed E-state index contributed by atoms with van der Waals surface area (Å²) in [5, 5.41) is 19.0.